The maximum atomic E-state index is 5.61. The first-order valence-corrected chi connectivity index (χ1v) is 7.35. The monoisotopic (exact) mass is 283 g/mol. The molecule has 110 valence electrons. The molecule has 2 N–H and O–H groups in total. The molecule has 1 saturated heterocycles. The van der Waals surface area contributed by atoms with Gasteiger partial charge in [-0.25, -0.2) is 9.97 Å². The minimum atomic E-state index is 0.542. The van der Waals surface area contributed by atoms with E-state index < -0.39 is 0 Å². The maximum absolute atomic E-state index is 5.61. The summed E-state index contributed by atoms with van der Waals surface area (Å²) in [6.45, 7) is 6.44. The van der Waals surface area contributed by atoms with Crippen molar-refractivity contribution in [3.63, 3.8) is 0 Å². The molecule has 5 nitrogen and oxygen atoms in total. The Kier molecular flexibility index (Phi) is 4.01. The first kappa shape index (κ1) is 13.8. The zero-order valence-electron chi connectivity index (χ0n) is 12.4. The van der Waals surface area contributed by atoms with Crippen molar-refractivity contribution in [3.8, 4) is 0 Å². The molecular weight excluding hydrogens is 262 g/mol. The van der Waals surface area contributed by atoms with Crippen molar-refractivity contribution in [3.05, 3.63) is 47.8 Å². The van der Waals surface area contributed by atoms with Crippen LogP contribution in [0.2, 0.25) is 0 Å². The van der Waals surface area contributed by atoms with E-state index in [0.29, 0.717) is 6.54 Å². The van der Waals surface area contributed by atoms with Crippen molar-refractivity contribution in [1.82, 2.24) is 9.97 Å². The number of pyridine rings is 2. The van der Waals surface area contributed by atoms with Crippen LogP contribution in [0.25, 0.3) is 0 Å². The standard InChI is InChI=1S/C16H21N5/c1-13-3-2-4-16(19-13)21-9-7-20(8-10-21)15-6-5-14(11-17)12-18-15/h2-6,12H,7-11,17H2,1H3. The molecule has 0 unspecified atom stereocenters. The highest BCUT2D eigenvalue weighted by Gasteiger charge is 2.18. The highest BCUT2D eigenvalue weighted by molar-refractivity contribution is 5.45. The number of aromatic nitrogens is 2. The van der Waals surface area contributed by atoms with Gasteiger partial charge in [-0.3, -0.25) is 0 Å². The molecule has 2 aromatic rings. The van der Waals surface area contributed by atoms with E-state index in [1.165, 1.54) is 0 Å². The molecule has 2 aromatic heterocycles. The van der Waals surface area contributed by atoms with E-state index in [4.69, 9.17) is 5.73 Å². The molecule has 3 rings (SSSR count). The Morgan fingerprint density at radius 3 is 2.29 bits per heavy atom. The van der Waals surface area contributed by atoms with Crippen LogP contribution in [0.3, 0.4) is 0 Å². The first-order valence-electron chi connectivity index (χ1n) is 7.35. The predicted octanol–water partition coefficient (Wildman–Crippen LogP) is 1.57. The summed E-state index contributed by atoms with van der Waals surface area (Å²) in [6, 6.07) is 10.3. The van der Waals surface area contributed by atoms with Gasteiger partial charge in [0.05, 0.1) is 0 Å². The largest absolute Gasteiger partial charge is 0.353 e. The predicted molar refractivity (Wildman–Crippen MR) is 85.5 cm³/mol. The number of aryl methyl sites for hydroxylation is 1. The Morgan fingerprint density at radius 1 is 1.00 bits per heavy atom. The summed E-state index contributed by atoms with van der Waals surface area (Å²) in [5.74, 6) is 2.10. The van der Waals surface area contributed by atoms with Gasteiger partial charge in [-0.15, -0.1) is 0 Å². The summed E-state index contributed by atoms with van der Waals surface area (Å²) >= 11 is 0. The molecule has 0 spiro atoms. The third-order valence-corrected chi connectivity index (χ3v) is 3.85. The average molecular weight is 283 g/mol. The second-order valence-corrected chi connectivity index (χ2v) is 5.34. The lowest BCUT2D eigenvalue weighted by Crippen LogP contribution is -2.47. The van der Waals surface area contributed by atoms with Crippen molar-refractivity contribution in [2.24, 2.45) is 5.73 Å². The van der Waals surface area contributed by atoms with Crippen LogP contribution in [0.1, 0.15) is 11.3 Å². The van der Waals surface area contributed by atoms with E-state index in [9.17, 15) is 0 Å². The van der Waals surface area contributed by atoms with Crippen LogP contribution in [0.15, 0.2) is 36.5 Å². The van der Waals surface area contributed by atoms with Crippen molar-refractivity contribution in [1.29, 1.82) is 0 Å². The van der Waals surface area contributed by atoms with Crippen LogP contribution >= 0.6 is 0 Å². The van der Waals surface area contributed by atoms with Gasteiger partial charge in [0.15, 0.2) is 0 Å². The van der Waals surface area contributed by atoms with Gasteiger partial charge in [0.1, 0.15) is 11.6 Å². The van der Waals surface area contributed by atoms with Gasteiger partial charge < -0.3 is 15.5 Å². The molecule has 0 aromatic carbocycles. The molecule has 0 radical (unpaired) electrons. The quantitative estimate of drug-likeness (QED) is 0.926. The van der Waals surface area contributed by atoms with Crippen LogP contribution in [0.5, 0.6) is 0 Å². The van der Waals surface area contributed by atoms with Gasteiger partial charge in [0, 0.05) is 44.6 Å². The minimum absolute atomic E-state index is 0.542. The summed E-state index contributed by atoms with van der Waals surface area (Å²) in [6.07, 6.45) is 1.86. The Morgan fingerprint density at radius 2 is 1.71 bits per heavy atom. The second kappa shape index (κ2) is 6.10. The van der Waals surface area contributed by atoms with Gasteiger partial charge in [0.25, 0.3) is 0 Å². The average Bonchev–Trinajstić information content (AvgIpc) is 2.55. The topological polar surface area (TPSA) is 58.3 Å². The molecule has 0 atom stereocenters. The lowest BCUT2D eigenvalue weighted by molar-refractivity contribution is 0.641. The van der Waals surface area contributed by atoms with Crippen molar-refractivity contribution < 1.29 is 0 Å². The van der Waals surface area contributed by atoms with Crippen LogP contribution in [0, 0.1) is 6.92 Å². The molecule has 1 aliphatic heterocycles. The number of hydrogen-bond acceptors (Lipinski definition) is 5. The molecule has 1 fully saturated rings. The van der Waals surface area contributed by atoms with E-state index in [2.05, 4.69) is 44.0 Å². The highest BCUT2D eigenvalue weighted by Crippen LogP contribution is 2.18. The third-order valence-electron chi connectivity index (χ3n) is 3.85. The summed E-state index contributed by atoms with van der Waals surface area (Å²) in [4.78, 5) is 13.7. The molecular formula is C16H21N5. The van der Waals surface area contributed by atoms with E-state index in [0.717, 1.165) is 49.1 Å². The summed E-state index contributed by atoms with van der Waals surface area (Å²) in [5.41, 5.74) is 7.74. The van der Waals surface area contributed by atoms with E-state index in [-0.39, 0.29) is 0 Å². The normalized spacial score (nSPS) is 15.3. The summed E-state index contributed by atoms with van der Waals surface area (Å²) in [7, 11) is 0. The van der Waals surface area contributed by atoms with E-state index in [1.54, 1.807) is 0 Å². The Bertz CT molecular complexity index is 588. The fraction of sp³-hybridized carbons (Fsp3) is 0.375. The Hall–Kier alpha value is -2.14. The fourth-order valence-electron chi connectivity index (χ4n) is 2.59. The molecule has 0 amide bonds. The van der Waals surface area contributed by atoms with Crippen molar-refractivity contribution in [2.75, 3.05) is 36.0 Å². The number of hydrogen-bond donors (Lipinski definition) is 1. The van der Waals surface area contributed by atoms with Crippen molar-refractivity contribution in [2.45, 2.75) is 13.5 Å². The van der Waals surface area contributed by atoms with E-state index in [1.807, 2.05) is 19.2 Å². The van der Waals surface area contributed by atoms with Gasteiger partial charge in [-0.05, 0) is 30.7 Å². The lowest BCUT2D eigenvalue weighted by atomic mass is 10.2. The van der Waals surface area contributed by atoms with Gasteiger partial charge in [-0.2, -0.15) is 0 Å². The van der Waals surface area contributed by atoms with Crippen LogP contribution in [-0.4, -0.2) is 36.1 Å². The number of anilines is 2. The SMILES string of the molecule is Cc1cccc(N2CCN(c3ccc(CN)cn3)CC2)n1. The third kappa shape index (κ3) is 3.13. The van der Waals surface area contributed by atoms with Crippen LogP contribution in [-0.2, 0) is 6.54 Å². The molecule has 0 aliphatic carbocycles. The maximum Gasteiger partial charge on any atom is 0.128 e. The smallest absolute Gasteiger partial charge is 0.128 e. The molecule has 0 saturated carbocycles. The minimum Gasteiger partial charge on any atom is -0.353 e. The first-order chi connectivity index (χ1) is 10.3. The van der Waals surface area contributed by atoms with Crippen LogP contribution < -0.4 is 15.5 Å². The van der Waals surface area contributed by atoms with Gasteiger partial charge >= 0.3 is 0 Å². The number of nitrogens with zero attached hydrogens (tertiary/aromatic N) is 4. The number of nitrogens with two attached hydrogens (primary N) is 1. The van der Waals surface area contributed by atoms with Crippen LogP contribution in [0.4, 0.5) is 11.6 Å². The highest BCUT2D eigenvalue weighted by atomic mass is 15.3. The second-order valence-electron chi connectivity index (χ2n) is 5.34. The Labute approximate surface area is 125 Å². The lowest BCUT2D eigenvalue weighted by Gasteiger charge is -2.36. The molecule has 5 heteroatoms. The molecule has 1 aliphatic rings. The number of piperazine rings is 1. The zero-order valence-corrected chi connectivity index (χ0v) is 12.4. The number of rotatable bonds is 3. The molecule has 3 heterocycles. The summed E-state index contributed by atoms with van der Waals surface area (Å²) < 4.78 is 0. The zero-order chi connectivity index (χ0) is 14.7. The Balaban J connectivity index is 1.64. The molecule has 21 heavy (non-hydrogen) atoms. The van der Waals surface area contributed by atoms with Crippen molar-refractivity contribution >= 4 is 11.6 Å². The van der Waals surface area contributed by atoms with Gasteiger partial charge in [-0.1, -0.05) is 12.1 Å². The molecule has 0 bridgehead atoms. The van der Waals surface area contributed by atoms with Gasteiger partial charge in [0.2, 0.25) is 0 Å². The fourth-order valence-corrected chi connectivity index (χ4v) is 2.59. The van der Waals surface area contributed by atoms with E-state index >= 15 is 0 Å². The summed E-state index contributed by atoms with van der Waals surface area (Å²) in [5, 5.41) is 0.